The Hall–Kier alpha value is 0.714. The first-order chi connectivity index (χ1) is 8.62. The summed E-state index contributed by atoms with van der Waals surface area (Å²) in [6.45, 7) is 11.1. The standard InChI is InChI=1S/2C5H11O4P.Ni/c2*1-5(2,3)4-8-10(6,7)9-4;/h2*4H,1-3H3,(H,6,7);/q;;+2/p-2. The number of rotatable bonds is 0. The van der Waals surface area contributed by atoms with Crippen LogP contribution < -0.4 is 9.79 Å². The molecule has 11 heteroatoms. The van der Waals surface area contributed by atoms with Crippen molar-refractivity contribution in [2.75, 3.05) is 0 Å². The molecule has 0 atom stereocenters. The van der Waals surface area contributed by atoms with Crippen molar-refractivity contribution in [1.82, 2.24) is 0 Å². The zero-order chi connectivity index (χ0) is 16.0. The second-order valence-electron chi connectivity index (χ2n) is 6.71. The van der Waals surface area contributed by atoms with Crippen LogP contribution >= 0.6 is 15.6 Å². The molecule has 2 rings (SSSR count). The number of phosphoric ester groups is 2. The van der Waals surface area contributed by atoms with E-state index in [1.54, 1.807) is 0 Å². The van der Waals surface area contributed by atoms with Crippen molar-refractivity contribution in [2.45, 2.75) is 54.1 Å². The van der Waals surface area contributed by atoms with Gasteiger partial charge in [0.2, 0.25) is 0 Å². The van der Waals surface area contributed by atoms with E-state index in [1.807, 2.05) is 41.5 Å². The van der Waals surface area contributed by atoms with Crippen LogP contribution in [0, 0.1) is 10.8 Å². The summed E-state index contributed by atoms with van der Waals surface area (Å²) in [6.07, 6.45) is -1.20. The van der Waals surface area contributed by atoms with Crippen molar-refractivity contribution in [2.24, 2.45) is 10.8 Å². The second kappa shape index (κ2) is 6.68. The van der Waals surface area contributed by atoms with E-state index < -0.39 is 28.2 Å². The maximum Gasteiger partial charge on any atom is 2.00 e. The molecule has 0 amide bonds. The first-order valence-corrected chi connectivity index (χ1v) is 8.90. The molecule has 0 aromatic heterocycles. The predicted molar refractivity (Wildman–Crippen MR) is 66.0 cm³/mol. The molecule has 21 heavy (non-hydrogen) atoms. The van der Waals surface area contributed by atoms with Crippen LogP contribution in [-0.4, -0.2) is 12.6 Å². The third-order valence-corrected chi connectivity index (χ3v) is 4.11. The molecule has 2 heterocycles. The van der Waals surface area contributed by atoms with Crippen LogP contribution in [0.4, 0.5) is 0 Å². The Morgan fingerprint density at radius 2 is 0.905 bits per heavy atom. The summed E-state index contributed by atoms with van der Waals surface area (Å²) in [7, 11) is -7.74. The SMILES string of the molecule is CC(C)(C)C1OP(=O)([O-])O1.CC(C)(C)C1OP(=O)([O-])O1.[Ni+2]. The van der Waals surface area contributed by atoms with Gasteiger partial charge in [0.1, 0.15) is 0 Å². The molecular weight excluding hydrogens is 369 g/mol. The fraction of sp³-hybridized carbons (Fsp3) is 1.00. The molecule has 128 valence electrons. The first-order valence-electron chi connectivity index (χ1n) is 5.98. The van der Waals surface area contributed by atoms with Gasteiger partial charge in [-0.1, -0.05) is 41.5 Å². The minimum Gasteiger partial charge on any atom is -0.756 e. The van der Waals surface area contributed by atoms with Gasteiger partial charge in [-0.2, -0.15) is 0 Å². The number of hydrogen-bond acceptors (Lipinski definition) is 8. The molecule has 8 nitrogen and oxygen atoms in total. The Kier molecular flexibility index (Phi) is 6.91. The van der Waals surface area contributed by atoms with Gasteiger partial charge in [0, 0.05) is 10.8 Å². The van der Waals surface area contributed by atoms with E-state index in [-0.39, 0.29) is 27.3 Å². The molecule has 0 saturated carbocycles. The largest absolute Gasteiger partial charge is 2.00 e. The molecule has 0 spiro atoms. The molecule has 2 aliphatic rings. The molecule has 2 saturated heterocycles. The quantitative estimate of drug-likeness (QED) is 0.455. The Balaban J connectivity index is 0.000000364. The topological polar surface area (TPSA) is 117 Å². The minimum atomic E-state index is -3.87. The molecule has 2 aliphatic heterocycles. The summed E-state index contributed by atoms with van der Waals surface area (Å²) in [4.78, 5) is 20.7. The van der Waals surface area contributed by atoms with Gasteiger partial charge in [0.25, 0.3) is 15.6 Å². The van der Waals surface area contributed by atoms with Gasteiger partial charge in [0.05, 0.1) is 0 Å². The van der Waals surface area contributed by atoms with Crippen LogP contribution in [0.5, 0.6) is 0 Å². The number of phosphoric acid groups is 2. The van der Waals surface area contributed by atoms with Gasteiger partial charge in [-0.15, -0.1) is 0 Å². The fourth-order valence-corrected chi connectivity index (χ4v) is 3.35. The fourth-order valence-electron chi connectivity index (χ4n) is 1.12. The van der Waals surface area contributed by atoms with Crippen LogP contribution in [0.2, 0.25) is 0 Å². The Morgan fingerprint density at radius 1 is 0.714 bits per heavy atom. The second-order valence-corrected chi connectivity index (χ2v) is 9.34. The summed E-state index contributed by atoms with van der Waals surface area (Å²) in [5.41, 5.74) is -0.531. The maximum atomic E-state index is 10.3. The maximum absolute atomic E-state index is 10.3. The van der Waals surface area contributed by atoms with Gasteiger partial charge >= 0.3 is 16.5 Å². The molecular formula is C10H20NiO8P2. The summed E-state index contributed by atoms with van der Waals surface area (Å²) < 4.78 is 38.5. The molecule has 0 N–H and O–H groups in total. The number of hydrogen-bond donors (Lipinski definition) is 0. The molecule has 0 aromatic carbocycles. The third kappa shape index (κ3) is 6.78. The van der Waals surface area contributed by atoms with E-state index >= 15 is 0 Å². The summed E-state index contributed by atoms with van der Waals surface area (Å²) >= 11 is 0. The van der Waals surface area contributed by atoms with Crippen molar-refractivity contribution in [3.05, 3.63) is 0 Å². The van der Waals surface area contributed by atoms with Crippen molar-refractivity contribution in [3.63, 3.8) is 0 Å². The van der Waals surface area contributed by atoms with Crippen LogP contribution in [-0.2, 0) is 43.7 Å². The van der Waals surface area contributed by atoms with Crippen molar-refractivity contribution >= 4 is 15.6 Å². The van der Waals surface area contributed by atoms with Gasteiger partial charge in [0.15, 0.2) is 12.6 Å². The van der Waals surface area contributed by atoms with Crippen molar-refractivity contribution in [1.29, 1.82) is 0 Å². The van der Waals surface area contributed by atoms with Crippen molar-refractivity contribution in [3.8, 4) is 0 Å². The molecule has 0 radical (unpaired) electrons. The van der Waals surface area contributed by atoms with E-state index in [1.165, 1.54) is 0 Å². The summed E-state index contributed by atoms with van der Waals surface area (Å²) in [5.74, 6) is 0. The molecule has 0 bridgehead atoms. The van der Waals surface area contributed by atoms with Gasteiger partial charge in [-0.3, -0.25) is 27.2 Å². The van der Waals surface area contributed by atoms with E-state index in [0.717, 1.165) is 0 Å². The zero-order valence-electron chi connectivity index (χ0n) is 12.6. The van der Waals surface area contributed by atoms with Crippen LogP contribution in [0.1, 0.15) is 41.5 Å². The Morgan fingerprint density at radius 3 is 0.952 bits per heavy atom. The van der Waals surface area contributed by atoms with Gasteiger partial charge in [-0.25, -0.2) is 0 Å². The molecule has 0 aromatic rings. The Bertz CT molecular complexity index is 393. The monoisotopic (exact) mass is 388 g/mol. The first kappa shape index (κ1) is 21.7. The third-order valence-electron chi connectivity index (χ3n) is 2.31. The molecule has 2 fully saturated rings. The summed E-state index contributed by atoms with van der Waals surface area (Å²) in [6, 6.07) is 0. The van der Waals surface area contributed by atoms with Crippen LogP contribution in [0.3, 0.4) is 0 Å². The summed E-state index contributed by atoms with van der Waals surface area (Å²) in [5, 5.41) is 0. The normalized spacial score (nSPS) is 39.0. The van der Waals surface area contributed by atoms with Crippen molar-refractivity contribution < 1.29 is 53.5 Å². The zero-order valence-corrected chi connectivity index (χ0v) is 15.4. The Labute approximate surface area is 134 Å². The van der Waals surface area contributed by atoms with Crippen LogP contribution in [0.15, 0.2) is 0 Å². The van der Waals surface area contributed by atoms with Gasteiger partial charge < -0.3 is 9.79 Å². The van der Waals surface area contributed by atoms with E-state index in [4.69, 9.17) is 0 Å². The average molecular weight is 389 g/mol. The van der Waals surface area contributed by atoms with E-state index in [0.29, 0.717) is 0 Å². The smallest absolute Gasteiger partial charge is 0.756 e. The average Bonchev–Trinajstić information content (AvgIpc) is 2.08. The van der Waals surface area contributed by atoms with Gasteiger partial charge in [-0.05, 0) is 0 Å². The van der Waals surface area contributed by atoms with Crippen LogP contribution in [0.25, 0.3) is 0 Å². The molecule has 0 unspecified atom stereocenters. The predicted octanol–water partition coefficient (Wildman–Crippen LogP) is 1.75. The minimum absolute atomic E-state index is 0. The van der Waals surface area contributed by atoms with E-state index in [2.05, 4.69) is 18.1 Å². The van der Waals surface area contributed by atoms with E-state index in [9.17, 15) is 18.9 Å². The molecule has 0 aliphatic carbocycles.